The summed E-state index contributed by atoms with van der Waals surface area (Å²) in [6.07, 6.45) is 1.50. The fraction of sp³-hybridized carbons (Fsp3) is 0.0769. The van der Waals surface area contributed by atoms with E-state index in [2.05, 4.69) is 5.32 Å². The third-order valence-corrected chi connectivity index (χ3v) is 5.42. The molecule has 7 nitrogen and oxygen atoms in total. The molecule has 170 valence electrons. The predicted molar refractivity (Wildman–Crippen MR) is 132 cm³/mol. The molecule has 2 N–H and O–H groups in total. The van der Waals surface area contributed by atoms with E-state index in [4.69, 9.17) is 22.1 Å². The van der Waals surface area contributed by atoms with Gasteiger partial charge in [-0.3, -0.25) is 19.8 Å². The number of carbonyl (C=O) groups is 3. The van der Waals surface area contributed by atoms with Crippen LogP contribution in [0.4, 0.5) is 5.69 Å². The van der Waals surface area contributed by atoms with Gasteiger partial charge < -0.3 is 9.84 Å². The van der Waals surface area contributed by atoms with Crippen LogP contribution in [0, 0.1) is 6.92 Å². The number of hydrogen-bond acceptors (Lipinski definition) is 5. The van der Waals surface area contributed by atoms with Gasteiger partial charge in [0.25, 0.3) is 11.8 Å². The Morgan fingerprint density at radius 2 is 1.79 bits per heavy atom. The number of carboxylic acid groups (broad SMARTS) is 1. The summed E-state index contributed by atoms with van der Waals surface area (Å²) in [7, 11) is 0. The number of aryl methyl sites for hydroxylation is 1. The largest absolute Gasteiger partial charge is 0.489 e. The summed E-state index contributed by atoms with van der Waals surface area (Å²) in [5.74, 6) is -1.50. The van der Waals surface area contributed by atoms with E-state index in [1.54, 1.807) is 48.5 Å². The molecular weight excluding hydrogens is 452 g/mol. The molecule has 3 aromatic rings. The second-order valence-corrected chi connectivity index (χ2v) is 8.05. The molecule has 0 aromatic heterocycles. The average Bonchev–Trinajstić information content (AvgIpc) is 2.81. The van der Waals surface area contributed by atoms with Gasteiger partial charge >= 0.3 is 5.97 Å². The highest BCUT2D eigenvalue weighted by Crippen LogP contribution is 2.23. The maximum absolute atomic E-state index is 13.1. The van der Waals surface area contributed by atoms with Crippen molar-refractivity contribution in [1.82, 2.24) is 5.32 Å². The molecule has 0 bridgehead atoms. The smallest absolute Gasteiger partial charge is 0.335 e. The first-order valence-electron chi connectivity index (χ1n) is 10.3. The molecule has 34 heavy (non-hydrogen) atoms. The number of hydrogen-bond donors (Lipinski definition) is 2. The van der Waals surface area contributed by atoms with E-state index in [-0.39, 0.29) is 22.9 Å². The highest BCUT2D eigenvalue weighted by Gasteiger charge is 2.34. The van der Waals surface area contributed by atoms with Crippen LogP contribution in [0.3, 0.4) is 0 Å². The Morgan fingerprint density at radius 3 is 2.50 bits per heavy atom. The number of benzene rings is 3. The molecule has 0 spiro atoms. The van der Waals surface area contributed by atoms with Gasteiger partial charge in [-0.25, -0.2) is 4.79 Å². The Hall–Kier alpha value is -4.30. The zero-order valence-corrected chi connectivity index (χ0v) is 19.0. The van der Waals surface area contributed by atoms with Crippen LogP contribution in [0.15, 0.2) is 78.4 Å². The molecule has 1 fully saturated rings. The molecular formula is C26H20N2O5S. The average molecular weight is 473 g/mol. The molecule has 0 atom stereocenters. The Balaban J connectivity index is 1.50. The van der Waals surface area contributed by atoms with Gasteiger partial charge in [0.1, 0.15) is 17.9 Å². The molecule has 1 heterocycles. The molecule has 0 unspecified atom stereocenters. The van der Waals surface area contributed by atoms with E-state index >= 15 is 0 Å². The van der Waals surface area contributed by atoms with Crippen molar-refractivity contribution in [2.24, 2.45) is 0 Å². The van der Waals surface area contributed by atoms with Gasteiger partial charge in [-0.2, -0.15) is 0 Å². The van der Waals surface area contributed by atoms with Gasteiger partial charge in [-0.1, -0.05) is 36.4 Å². The van der Waals surface area contributed by atoms with E-state index in [0.717, 1.165) is 11.1 Å². The molecule has 1 saturated heterocycles. The SMILES string of the molecule is Cc1cccc(N2C(=O)/C(=C/c3ccc(OCc4cccc(C(=O)O)c4)cc3)C(=O)NC2=S)c1. The minimum Gasteiger partial charge on any atom is -0.489 e. The number of anilines is 1. The second kappa shape index (κ2) is 9.68. The minimum atomic E-state index is -0.998. The monoisotopic (exact) mass is 472 g/mol. The number of amides is 2. The summed E-state index contributed by atoms with van der Waals surface area (Å²) in [6.45, 7) is 2.11. The van der Waals surface area contributed by atoms with Gasteiger partial charge in [0.2, 0.25) is 0 Å². The fourth-order valence-electron chi connectivity index (χ4n) is 3.45. The van der Waals surface area contributed by atoms with Crippen LogP contribution in [0.2, 0.25) is 0 Å². The number of carbonyl (C=O) groups excluding carboxylic acids is 2. The van der Waals surface area contributed by atoms with Crippen LogP contribution in [-0.2, 0) is 16.2 Å². The van der Waals surface area contributed by atoms with E-state index in [1.165, 1.54) is 17.0 Å². The van der Waals surface area contributed by atoms with E-state index < -0.39 is 17.8 Å². The first kappa shape index (κ1) is 22.9. The summed E-state index contributed by atoms with van der Waals surface area (Å²) >= 11 is 5.23. The van der Waals surface area contributed by atoms with E-state index in [9.17, 15) is 14.4 Å². The first-order chi connectivity index (χ1) is 16.3. The highest BCUT2D eigenvalue weighted by atomic mass is 32.1. The first-order valence-corrected chi connectivity index (χ1v) is 10.8. The van der Waals surface area contributed by atoms with Crippen LogP contribution in [0.1, 0.15) is 27.0 Å². The topological polar surface area (TPSA) is 95.9 Å². The lowest BCUT2D eigenvalue weighted by Crippen LogP contribution is -2.54. The minimum absolute atomic E-state index is 0.0331. The molecule has 0 aliphatic carbocycles. The lowest BCUT2D eigenvalue weighted by molar-refractivity contribution is -0.122. The van der Waals surface area contributed by atoms with Gasteiger partial charge in [0.05, 0.1) is 11.3 Å². The molecule has 1 aliphatic rings. The molecule has 0 saturated carbocycles. The molecule has 8 heteroatoms. The summed E-state index contributed by atoms with van der Waals surface area (Å²) < 4.78 is 5.73. The zero-order chi connectivity index (χ0) is 24.2. The van der Waals surface area contributed by atoms with Crippen LogP contribution in [0.5, 0.6) is 5.75 Å². The molecule has 2 amide bonds. The summed E-state index contributed by atoms with van der Waals surface area (Å²) in [5, 5.41) is 11.7. The van der Waals surface area contributed by atoms with Gasteiger partial charge in [-0.15, -0.1) is 0 Å². The van der Waals surface area contributed by atoms with Crippen LogP contribution in [-0.4, -0.2) is 28.0 Å². The van der Waals surface area contributed by atoms with Crippen molar-refractivity contribution in [3.8, 4) is 5.75 Å². The van der Waals surface area contributed by atoms with Crippen molar-refractivity contribution in [2.45, 2.75) is 13.5 Å². The summed E-state index contributed by atoms with van der Waals surface area (Å²) in [4.78, 5) is 38.0. The van der Waals surface area contributed by atoms with Gasteiger partial charge in [0.15, 0.2) is 5.11 Å². The number of aromatic carboxylic acids is 1. The van der Waals surface area contributed by atoms with Gasteiger partial charge in [0, 0.05) is 0 Å². The maximum atomic E-state index is 13.1. The Morgan fingerprint density at radius 1 is 1.06 bits per heavy atom. The number of carboxylic acids is 1. The predicted octanol–water partition coefficient (Wildman–Crippen LogP) is 4.10. The zero-order valence-electron chi connectivity index (χ0n) is 18.1. The maximum Gasteiger partial charge on any atom is 0.335 e. The Labute approximate surface area is 201 Å². The Bertz CT molecular complexity index is 1330. The van der Waals surface area contributed by atoms with Crippen molar-refractivity contribution in [3.05, 3.63) is 101 Å². The fourth-order valence-corrected chi connectivity index (χ4v) is 3.73. The number of nitrogens with one attached hydrogen (secondary N) is 1. The summed E-state index contributed by atoms with van der Waals surface area (Å²) in [6, 6.07) is 20.7. The number of rotatable bonds is 6. The number of nitrogens with zero attached hydrogens (tertiary/aromatic N) is 1. The van der Waals surface area contributed by atoms with Crippen molar-refractivity contribution in [3.63, 3.8) is 0 Å². The Kier molecular flexibility index (Phi) is 6.51. The third-order valence-electron chi connectivity index (χ3n) is 5.13. The standard InChI is InChI=1S/C26H20N2O5S/c1-16-4-2-7-20(12-16)28-24(30)22(23(29)27-26(28)34)14-17-8-10-21(11-9-17)33-15-18-5-3-6-19(13-18)25(31)32/h2-14H,15H2,1H3,(H,31,32)(H,27,29,34)/b22-14+. The number of ether oxygens (including phenoxy) is 1. The van der Waals surface area contributed by atoms with Crippen LogP contribution < -0.4 is 15.0 Å². The molecule has 4 rings (SSSR count). The van der Waals surface area contributed by atoms with Crippen LogP contribution in [0.25, 0.3) is 6.08 Å². The molecule has 3 aromatic carbocycles. The second-order valence-electron chi connectivity index (χ2n) is 7.66. The quantitative estimate of drug-likeness (QED) is 0.319. The molecule has 1 aliphatic heterocycles. The lowest BCUT2D eigenvalue weighted by atomic mass is 10.1. The van der Waals surface area contributed by atoms with E-state index in [0.29, 0.717) is 17.0 Å². The number of thiocarbonyl (C=S) groups is 1. The van der Waals surface area contributed by atoms with Crippen molar-refractivity contribution >= 4 is 46.9 Å². The van der Waals surface area contributed by atoms with Crippen molar-refractivity contribution in [1.29, 1.82) is 0 Å². The summed E-state index contributed by atoms with van der Waals surface area (Å²) in [5.41, 5.74) is 3.06. The van der Waals surface area contributed by atoms with Crippen LogP contribution >= 0.6 is 12.2 Å². The molecule has 0 radical (unpaired) electrons. The van der Waals surface area contributed by atoms with Gasteiger partial charge in [-0.05, 0) is 78.3 Å². The normalized spacial score (nSPS) is 14.8. The van der Waals surface area contributed by atoms with E-state index in [1.807, 2.05) is 25.1 Å². The van der Waals surface area contributed by atoms with Crippen molar-refractivity contribution in [2.75, 3.05) is 4.90 Å². The van der Waals surface area contributed by atoms with Crippen molar-refractivity contribution < 1.29 is 24.2 Å². The highest BCUT2D eigenvalue weighted by molar-refractivity contribution is 7.80. The third kappa shape index (κ3) is 5.02. The lowest BCUT2D eigenvalue weighted by Gasteiger charge is -2.29.